The van der Waals surface area contributed by atoms with Crippen LogP contribution in [0.5, 0.6) is 0 Å². The summed E-state index contributed by atoms with van der Waals surface area (Å²) in [4.78, 5) is 3.53. The van der Waals surface area contributed by atoms with E-state index in [1.165, 1.54) is 14.5 Å². The molecule has 115 valence electrons. The van der Waals surface area contributed by atoms with Gasteiger partial charge in [0.1, 0.15) is 0 Å². The van der Waals surface area contributed by atoms with Crippen molar-refractivity contribution in [3.05, 3.63) is 59.8 Å². The van der Waals surface area contributed by atoms with Crippen molar-refractivity contribution < 1.29 is 15.9 Å². The van der Waals surface area contributed by atoms with Crippen molar-refractivity contribution in [3.63, 3.8) is 0 Å². The molecule has 1 aromatic heterocycles. The summed E-state index contributed by atoms with van der Waals surface area (Å²) in [7, 11) is 0. The summed E-state index contributed by atoms with van der Waals surface area (Å²) >= 11 is -3.53. The maximum atomic E-state index is 3.53. The molecule has 0 bridgehead atoms. The van der Waals surface area contributed by atoms with Crippen LogP contribution in [0.15, 0.2) is 48.7 Å². The SMILES string of the molecule is Cl.Cl.[CH3][Zr]([CH3])([CH3])(=[SiH2])([c]1ccc[nH]1)[CH]1C=Cc2ccccc21. The molecule has 0 amide bonds. The summed E-state index contributed by atoms with van der Waals surface area (Å²) in [6.45, 7) is 2.29. The molecule has 2 aromatic rings. The molecule has 1 aliphatic carbocycles. The van der Waals surface area contributed by atoms with Gasteiger partial charge in [0, 0.05) is 0 Å². The number of halogens is 2. The standard InChI is InChI=1S/C9H7.C4H4N.3CH3.2ClH.H2Si.Zr/c1-2-5-9-7-3-6-8(9)4-1;1-2-4-5-3-1;;;;;;;/h1-7H;1-3,5H;3*1H3;2*1H;1H2;. The van der Waals surface area contributed by atoms with E-state index in [0.717, 1.165) is 0 Å². The molecule has 0 spiro atoms. The number of rotatable bonds is 2. The summed E-state index contributed by atoms with van der Waals surface area (Å²) in [5, 5.41) is 0. The quantitative estimate of drug-likeness (QED) is 0.702. The van der Waals surface area contributed by atoms with Crippen molar-refractivity contribution >= 4 is 41.2 Å². The summed E-state index contributed by atoms with van der Waals surface area (Å²) in [5.74, 6) is 0. The molecule has 1 aromatic carbocycles. The Morgan fingerprint density at radius 3 is 2.29 bits per heavy atom. The molecule has 0 aliphatic heterocycles. The van der Waals surface area contributed by atoms with Gasteiger partial charge in [0.15, 0.2) is 0 Å². The Bertz CT molecular complexity index is 758. The number of aromatic nitrogens is 1. The number of benzene rings is 1. The number of nitrogens with one attached hydrogen (secondary N) is 1. The molecule has 5 heteroatoms. The Labute approximate surface area is 138 Å². The van der Waals surface area contributed by atoms with Crippen LogP contribution in [0.1, 0.15) is 14.8 Å². The van der Waals surface area contributed by atoms with Crippen LogP contribution in [0.4, 0.5) is 0 Å². The second kappa shape index (κ2) is 5.23. The normalized spacial score (nSPS) is 19.7. The average molecular weight is 421 g/mol. The van der Waals surface area contributed by atoms with E-state index in [0.29, 0.717) is 3.63 Å². The van der Waals surface area contributed by atoms with E-state index in [4.69, 9.17) is 0 Å². The van der Waals surface area contributed by atoms with E-state index in [9.17, 15) is 0 Å². The molecule has 1 aliphatic rings. The first-order valence-corrected chi connectivity index (χ1v) is 22.9. The molecule has 0 saturated carbocycles. The van der Waals surface area contributed by atoms with Gasteiger partial charge in [0.25, 0.3) is 0 Å². The van der Waals surface area contributed by atoms with Gasteiger partial charge in [0.2, 0.25) is 0 Å². The summed E-state index contributed by atoms with van der Waals surface area (Å²) < 4.78 is 9.72. The third-order valence-corrected chi connectivity index (χ3v) is 23.8. The van der Waals surface area contributed by atoms with Gasteiger partial charge in [-0.05, 0) is 0 Å². The topological polar surface area (TPSA) is 15.8 Å². The van der Waals surface area contributed by atoms with Crippen LogP contribution in [-0.4, -0.2) is 11.9 Å². The van der Waals surface area contributed by atoms with Crippen molar-refractivity contribution in [2.24, 2.45) is 0 Å². The number of fused-ring (bicyclic) bond motifs is 1. The van der Waals surface area contributed by atoms with Gasteiger partial charge in [-0.25, -0.2) is 0 Å². The number of aromatic amines is 1. The van der Waals surface area contributed by atoms with E-state index in [1.807, 2.05) is 0 Å². The Hall–Kier alpha value is -0.0800. The van der Waals surface area contributed by atoms with Gasteiger partial charge < -0.3 is 0 Å². The van der Waals surface area contributed by atoms with E-state index in [1.54, 1.807) is 0 Å². The predicted octanol–water partition coefficient (Wildman–Crippen LogP) is 4.17. The van der Waals surface area contributed by atoms with E-state index < -0.39 is 15.9 Å². The second-order valence-corrected chi connectivity index (χ2v) is 51.3. The second-order valence-electron chi connectivity index (χ2n) is 8.25. The van der Waals surface area contributed by atoms with Crippen molar-refractivity contribution in [1.29, 1.82) is 0 Å². The molecule has 1 atom stereocenters. The van der Waals surface area contributed by atoms with Gasteiger partial charge in [-0.2, -0.15) is 0 Å². The maximum absolute atomic E-state index is 3.53. The Morgan fingerprint density at radius 2 is 1.67 bits per heavy atom. The molecule has 1 N–H and O–H groups in total. The van der Waals surface area contributed by atoms with Crippen molar-refractivity contribution in [2.75, 3.05) is 0 Å². The van der Waals surface area contributed by atoms with Gasteiger partial charge in [0.05, 0.1) is 0 Å². The summed E-state index contributed by atoms with van der Waals surface area (Å²) in [6.07, 6.45) is 6.81. The third-order valence-electron chi connectivity index (χ3n) is 4.86. The van der Waals surface area contributed by atoms with E-state index >= 15 is 0 Å². The zero-order valence-corrected chi connectivity index (χ0v) is 18.3. The number of H-pyrrole nitrogens is 1. The van der Waals surface area contributed by atoms with Crippen LogP contribution in [0, 0.1) is 0 Å². The van der Waals surface area contributed by atoms with Crippen molar-refractivity contribution in [3.8, 4) is 0 Å². The van der Waals surface area contributed by atoms with Gasteiger partial charge >= 0.3 is 115 Å². The average Bonchev–Trinajstić information content (AvgIpc) is 2.98. The predicted molar refractivity (Wildman–Crippen MR) is 99.3 cm³/mol. The first kappa shape index (κ1) is 19.0. The van der Waals surface area contributed by atoms with Crippen LogP contribution in [-0.2, 0) is 15.9 Å². The first-order valence-electron chi connectivity index (χ1n) is 6.96. The van der Waals surface area contributed by atoms with Crippen LogP contribution in [0.25, 0.3) is 6.08 Å². The molecule has 1 unspecified atom stereocenters. The molecule has 3 rings (SSSR count). The number of hydrogen-bond acceptors (Lipinski definition) is 0. The fourth-order valence-corrected chi connectivity index (χ4v) is 17.5. The molecule has 1 heterocycles. The zero-order valence-electron chi connectivity index (χ0n) is 12.8. The van der Waals surface area contributed by atoms with Crippen LogP contribution >= 0.6 is 24.8 Å². The third kappa shape index (κ3) is 2.91. The Morgan fingerprint density at radius 1 is 1.00 bits per heavy atom. The molecule has 0 radical (unpaired) electrons. The molecular weight excluding hydrogens is 396 g/mol. The fourth-order valence-electron chi connectivity index (χ4n) is 3.47. The van der Waals surface area contributed by atoms with Crippen LogP contribution in [0.2, 0.25) is 13.9 Å². The fraction of sp³-hybridized carbons (Fsp3) is 0.250. The number of hydrogen-bond donors (Lipinski definition) is 1. The van der Waals surface area contributed by atoms with Crippen molar-refractivity contribution in [1.82, 2.24) is 4.98 Å². The molecule has 0 fully saturated rings. The minimum absolute atomic E-state index is 0. The minimum atomic E-state index is -3.53. The van der Waals surface area contributed by atoms with Crippen molar-refractivity contribution in [2.45, 2.75) is 17.5 Å². The zero-order chi connectivity index (χ0) is 13.8. The van der Waals surface area contributed by atoms with Crippen LogP contribution in [0.3, 0.4) is 0 Å². The molecule has 0 saturated heterocycles. The Kier molecular flexibility index (Phi) is 4.73. The molecule has 1 nitrogen and oxygen atoms in total. The van der Waals surface area contributed by atoms with Gasteiger partial charge in [-0.15, -0.1) is 24.8 Å². The first-order chi connectivity index (χ1) is 8.72. The summed E-state index contributed by atoms with van der Waals surface area (Å²) in [5.41, 5.74) is 2.91. The van der Waals surface area contributed by atoms with Gasteiger partial charge in [-0.3, -0.25) is 0 Å². The molecule has 21 heavy (non-hydrogen) atoms. The Balaban J connectivity index is 0.00000110. The molecular formula is C16H24Cl2NSiZr. The summed E-state index contributed by atoms with van der Waals surface area (Å²) in [6, 6.07) is 13.3. The van der Waals surface area contributed by atoms with E-state index in [2.05, 4.69) is 80.5 Å². The van der Waals surface area contributed by atoms with E-state index in [-0.39, 0.29) is 24.8 Å². The number of allylic oxidation sites excluding steroid dienone is 1. The van der Waals surface area contributed by atoms with Crippen LogP contribution < -0.4 is 3.40 Å². The van der Waals surface area contributed by atoms with Gasteiger partial charge in [-0.1, -0.05) is 0 Å². The monoisotopic (exact) mass is 418 g/mol.